The van der Waals surface area contributed by atoms with Crippen molar-refractivity contribution in [1.82, 2.24) is 9.55 Å². The summed E-state index contributed by atoms with van der Waals surface area (Å²) in [7, 11) is 3.10. The van der Waals surface area contributed by atoms with E-state index in [1.807, 2.05) is 0 Å². The van der Waals surface area contributed by atoms with E-state index >= 15 is 0 Å². The van der Waals surface area contributed by atoms with Gasteiger partial charge in [-0.25, -0.2) is 4.98 Å². The molecular formula is C30H41N3O3. The van der Waals surface area contributed by atoms with Crippen LogP contribution in [0.5, 0.6) is 5.75 Å². The lowest BCUT2D eigenvalue weighted by atomic mass is 9.70. The molecule has 3 aromatic rings. The van der Waals surface area contributed by atoms with Gasteiger partial charge in [0.2, 0.25) is 5.95 Å². The van der Waals surface area contributed by atoms with Crippen LogP contribution >= 0.6 is 0 Å². The molecule has 0 aliphatic heterocycles. The van der Waals surface area contributed by atoms with Crippen LogP contribution in [0.2, 0.25) is 0 Å². The van der Waals surface area contributed by atoms with Gasteiger partial charge in [-0.1, -0.05) is 46.8 Å². The second-order valence-electron chi connectivity index (χ2n) is 11.5. The highest BCUT2D eigenvalue weighted by Crippen LogP contribution is 2.46. The number of aromatic nitrogens is 2. The van der Waals surface area contributed by atoms with Gasteiger partial charge in [0.05, 0.1) is 25.3 Å². The minimum absolute atomic E-state index is 0.228. The Labute approximate surface area is 215 Å². The van der Waals surface area contributed by atoms with E-state index in [2.05, 4.69) is 80.9 Å². The molecule has 36 heavy (non-hydrogen) atoms. The Balaban J connectivity index is 1.79. The number of benzene rings is 2. The fourth-order valence-electron chi connectivity index (χ4n) is 5.92. The first kappa shape index (κ1) is 26.1. The quantitative estimate of drug-likeness (QED) is 0.332. The fraction of sp³-hybridized carbons (Fsp3) is 0.533. The zero-order valence-electron chi connectivity index (χ0n) is 22.9. The standard InChI is InChI=1S/C30H41N3O3/c1-19(2)21-8-11-23(12-9-21)31-29-32-25-15-22(10-13-28(34)36-7)27(35-6)16-26(25)33(29)24-14-20(3)17-30(4,5)18-24/h8-9,11-12,15-16,19-20,24H,10,13-14,17-18H2,1-7H3,(H,31,32). The summed E-state index contributed by atoms with van der Waals surface area (Å²) in [6, 6.07) is 13.1. The number of hydrogen-bond acceptors (Lipinski definition) is 5. The van der Waals surface area contributed by atoms with Crippen LogP contribution in [0.25, 0.3) is 11.0 Å². The molecule has 6 nitrogen and oxygen atoms in total. The number of esters is 1. The van der Waals surface area contributed by atoms with Gasteiger partial charge < -0.3 is 19.4 Å². The molecule has 1 aliphatic rings. The summed E-state index contributed by atoms with van der Waals surface area (Å²) in [5.41, 5.74) is 5.54. The molecule has 4 rings (SSSR count). The molecule has 6 heteroatoms. The molecule has 0 amide bonds. The average molecular weight is 492 g/mol. The Morgan fingerprint density at radius 2 is 1.89 bits per heavy atom. The first-order valence-corrected chi connectivity index (χ1v) is 13.1. The molecule has 1 N–H and O–H groups in total. The molecule has 1 saturated carbocycles. The minimum atomic E-state index is -0.228. The number of methoxy groups -OCH3 is 2. The van der Waals surface area contributed by atoms with Crippen molar-refractivity contribution in [3.63, 3.8) is 0 Å². The molecule has 0 radical (unpaired) electrons. The van der Waals surface area contributed by atoms with Crippen LogP contribution in [0.4, 0.5) is 11.6 Å². The molecule has 1 aromatic heterocycles. The number of hydrogen-bond donors (Lipinski definition) is 1. The second-order valence-corrected chi connectivity index (χ2v) is 11.5. The number of anilines is 2. The molecule has 194 valence electrons. The largest absolute Gasteiger partial charge is 0.496 e. The van der Waals surface area contributed by atoms with Gasteiger partial charge in [0.15, 0.2) is 0 Å². The number of carbonyl (C=O) groups excluding carboxylic acids is 1. The van der Waals surface area contributed by atoms with Crippen LogP contribution in [-0.4, -0.2) is 29.7 Å². The van der Waals surface area contributed by atoms with Crippen LogP contribution in [0, 0.1) is 11.3 Å². The molecular weight excluding hydrogens is 450 g/mol. The first-order valence-electron chi connectivity index (χ1n) is 13.1. The monoisotopic (exact) mass is 491 g/mol. The van der Waals surface area contributed by atoms with Crippen LogP contribution in [0.3, 0.4) is 0 Å². The van der Waals surface area contributed by atoms with E-state index in [4.69, 9.17) is 14.5 Å². The predicted molar refractivity (Wildman–Crippen MR) is 146 cm³/mol. The van der Waals surface area contributed by atoms with Gasteiger partial charge >= 0.3 is 5.97 Å². The maximum Gasteiger partial charge on any atom is 0.305 e. The molecule has 0 saturated heterocycles. The van der Waals surface area contributed by atoms with Crippen molar-refractivity contribution in [2.75, 3.05) is 19.5 Å². The normalized spacial score (nSPS) is 19.4. The summed E-state index contributed by atoms with van der Waals surface area (Å²) in [6.45, 7) is 11.5. The van der Waals surface area contributed by atoms with Crippen molar-refractivity contribution in [1.29, 1.82) is 0 Å². The van der Waals surface area contributed by atoms with E-state index in [0.717, 1.165) is 46.8 Å². The first-order chi connectivity index (χ1) is 17.1. The molecule has 0 spiro atoms. The molecule has 1 fully saturated rings. The molecule has 2 atom stereocenters. The number of fused-ring (bicyclic) bond motifs is 1. The summed E-state index contributed by atoms with van der Waals surface area (Å²) in [5.74, 6) is 2.53. The average Bonchev–Trinajstić information content (AvgIpc) is 3.17. The lowest BCUT2D eigenvalue weighted by molar-refractivity contribution is -0.140. The van der Waals surface area contributed by atoms with E-state index in [-0.39, 0.29) is 11.4 Å². The zero-order valence-corrected chi connectivity index (χ0v) is 22.9. The molecule has 2 unspecified atom stereocenters. The summed E-state index contributed by atoms with van der Waals surface area (Å²) >= 11 is 0. The Kier molecular flexibility index (Phi) is 7.62. The number of nitrogens with zero attached hydrogens (tertiary/aromatic N) is 2. The van der Waals surface area contributed by atoms with Gasteiger partial charge in [-0.15, -0.1) is 0 Å². The van der Waals surface area contributed by atoms with Gasteiger partial charge in [0.25, 0.3) is 0 Å². The smallest absolute Gasteiger partial charge is 0.305 e. The third kappa shape index (κ3) is 5.69. The maximum atomic E-state index is 11.8. The van der Waals surface area contributed by atoms with Crippen molar-refractivity contribution in [3.05, 3.63) is 47.5 Å². The zero-order chi connectivity index (χ0) is 26.0. The number of rotatable bonds is 8. The summed E-state index contributed by atoms with van der Waals surface area (Å²) in [5, 5.41) is 3.62. The third-order valence-electron chi connectivity index (χ3n) is 7.48. The van der Waals surface area contributed by atoms with Gasteiger partial charge in [-0.3, -0.25) is 4.79 Å². The van der Waals surface area contributed by atoms with Gasteiger partial charge in [-0.2, -0.15) is 0 Å². The SMILES string of the molecule is COC(=O)CCc1cc2nc(Nc3ccc(C(C)C)cc3)n(C3CC(C)CC(C)(C)C3)c2cc1OC. The van der Waals surface area contributed by atoms with Gasteiger partial charge in [0, 0.05) is 24.2 Å². The van der Waals surface area contributed by atoms with E-state index in [9.17, 15) is 4.79 Å². The van der Waals surface area contributed by atoms with Crippen molar-refractivity contribution < 1.29 is 14.3 Å². The second kappa shape index (κ2) is 10.5. The Bertz CT molecular complexity index is 1210. The number of nitrogens with one attached hydrogen (secondary N) is 1. The lowest BCUT2D eigenvalue weighted by Gasteiger charge is -2.40. The highest BCUT2D eigenvalue weighted by molar-refractivity contribution is 5.83. The van der Waals surface area contributed by atoms with Crippen molar-refractivity contribution in [2.24, 2.45) is 11.3 Å². The van der Waals surface area contributed by atoms with Crippen molar-refractivity contribution >= 4 is 28.6 Å². The highest BCUT2D eigenvalue weighted by Gasteiger charge is 2.35. The lowest BCUT2D eigenvalue weighted by Crippen LogP contribution is -2.29. The van der Waals surface area contributed by atoms with Crippen molar-refractivity contribution in [3.8, 4) is 5.75 Å². The van der Waals surface area contributed by atoms with E-state index in [1.165, 1.54) is 19.1 Å². The molecule has 0 bridgehead atoms. The summed E-state index contributed by atoms with van der Waals surface area (Å²) in [6.07, 6.45) is 4.29. The Hall–Kier alpha value is -3.02. The number of imidazole rings is 1. The minimum Gasteiger partial charge on any atom is -0.496 e. The molecule has 1 aliphatic carbocycles. The molecule has 2 aromatic carbocycles. The number of ether oxygens (including phenoxy) is 2. The van der Waals surface area contributed by atoms with Crippen LogP contribution < -0.4 is 10.1 Å². The summed E-state index contributed by atoms with van der Waals surface area (Å²) < 4.78 is 13.0. The molecule has 1 heterocycles. The van der Waals surface area contributed by atoms with Gasteiger partial charge in [-0.05, 0) is 72.3 Å². The Morgan fingerprint density at radius 3 is 2.50 bits per heavy atom. The summed E-state index contributed by atoms with van der Waals surface area (Å²) in [4.78, 5) is 16.9. The van der Waals surface area contributed by atoms with Crippen LogP contribution in [0.1, 0.15) is 83.4 Å². The van der Waals surface area contributed by atoms with E-state index < -0.39 is 0 Å². The van der Waals surface area contributed by atoms with E-state index in [0.29, 0.717) is 30.7 Å². The van der Waals surface area contributed by atoms with Crippen LogP contribution in [0.15, 0.2) is 36.4 Å². The Morgan fingerprint density at radius 1 is 1.17 bits per heavy atom. The van der Waals surface area contributed by atoms with E-state index in [1.54, 1.807) is 7.11 Å². The number of carbonyl (C=O) groups is 1. The number of aryl methyl sites for hydroxylation is 1. The highest BCUT2D eigenvalue weighted by atomic mass is 16.5. The third-order valence-corrected chi connectivity index (χ3v) is 7.48. The fourth-order valence-corrected chi connectivity index (χ4v) is 5.92. The van der Waals surface area contributed by atoms with Crippen LogP contribution in [-0.2, 0) is 16.0 Å². The van der Waals surface area contributed by atoms with Crippen molar-refractivity contribution in [2.45, 2.75) is 78.7 Å². The predicted octanol–water partition coefficient (Wildman–Crippen LogP) is 7.40. The van der Waals surface area contributed by atoms with Gasteiger partial charge in [0.1, 0.15) is 5.75 Å². The maximum absolute atomic E-state index is 11.8. The topological polar surface area (TPSA) is 65.4 Å².